The van der Waals surface area contributed by atoms with Crippen LogP contribution < -0.4 is 20.9 Å². The highest BCUT2D eigenvalue weighted by atomic mass is 16.5. The van der Waals surface area contributed by atoms with Crippen molar-refractivity contribution < 1.29 is 23.5 Å². The number of hydrogen-bond donors (Lipinski definition) is 3. The van der Waals surface area contributed by atoms with Crippen LogP contribution in [0.1, 0.15) is 31.3 Å². The van der Waals surface area contributed by atoms with E-state index in [0.29, 0.717) is 11.3 Å². The molecule has 0 saturated carbocycles. The fourth-order valence-corrected chi connectivity index (χ4v) is 2.38. The highest BCUT2D eigenvalue weighted by Gasteiger charge is 2.16. The summed E-state index contributed by atoms with van der Waals surface area (Å²) in [5, 5.41) is 2.61. The minimum Gasteiger partial charge on any atom is -0.497 e. The van der Waals surface area contributed by atoms with E-state index >= 15 is 0 Å². The first-order chi connectivity index (χ1) is 13.6. The molecule has 28 heavy (non-hydrogen) atoms. The van der Waals surface area contributed by atoms with E-state index in [4.69, 9.17) is 9.15 Å². The van der Waals surface area contributed by atoms with E-state index in [1.807, 2.05) is 0 Å². The maximum atomic E-state index is 12.4. The molecule has 3 amide bonds. The molecule has 0 radical (unpaired) electrons. The Bertz CT molecular complexity index is 981. The Labute approximate surface area is 160 Å². The molecule has 0 unspecified atom stereocenters. The van der Waals surface area contributed by atoms with Crippen LogP contribution in [-0.4, -0.2) is 24.8 Å². The molecule has 0 aliphatic rings. The Morgan fingerprint density at radius 1 is 0.821 bits per heavy atom. The lowest BCUT2D eigenvalue weighted by Gasteiger charge is -2.11. The maximum Gasteiger partial charge on any atom is 0.291 e. The van der Waals surface area contributed by atoms with Crippen molar-refractivity contribution in [1.29, 1.82) is 0 Å². The van der Waals surface area contributed by atoms with Crippen molar-refractivity contribution in [3.8, 4) is 5.75 Å². The van der Waals surface area contributed by atoms with Crippen molar-refractivity contribution in [2.24, 2.45) is 0 Å². The van der Waals surface area contributed by atoms with Gasteiger partial charge < -0.3 is 14.5 Å². The minimum absolute atomic E-state index is 0.114. The van der Waals surface area contributed by atoms with Gasteiger partial charge in [0.25, 0.3) is 17.7 Å². The van der Waals surface area contributed by atoms with Gasteiger partial charge in [0.2, 0.25) is 0 Å². The van der Waals surface area contributed by atoms with Crippen LogP contribution in [0.4, 0.5) is 5.69 Å². The number of anilines is 1. The Hall–Kier alpha value is -4.07. The number of amides is 3. The van der Waals surface area contributed by atoms with E-state index < -0.39 is 17.7 Å². The van der Waals surface area contributed by atoms with Gasteiger partial charge in [-0.2, -0.15) is 0 Å². The predicted octanol–water partition coefficient (Wildman–Crippen LogP) is 2.62. The number of carbonyl (C=O) groups is 3. The summed E-state index contributed by atoms with van der Waals surface area (Å²) < 4.78 is 10.1. The van der Waals surface area contributed by atoms with Gasteiger partial charge in [-0.25, -0.2) is 0 Å². The average molecular weight is 379 g/mol. The number of methoxy groups -OCH3 is 1. The van der Waals surface area contributed by atoms with Crippen LogP contribution in [0.15, 0.2) is 71.3 Å². The first-order valence-electron chi connectivity index (χ1n) is 8.27. The molecule has 3 rings (SSSR count). The van der Waals surface area contributed by atoms with Gasteiger partial charge in [0.15, 0.2) is 5.76 Å². The summed E-state index contributed by atoms with van der Waals surface area (Å²) in [5.74, 6) is -0.845. The normalized spacial score (nSPS) is 10.0. The molecule has 0 aliphatic carbocycles. The topological polar surface area (TPSA) is 110 Å². The number of hydrogen-bond acceptors (Lipinski definition) is 5. The van der Waals surface area contributed by atoms with E-state index in [1.165, 1.54) is 25.5 Å². The van der Waals surface area contributed by atoms with Gasteiger partial charge in [0.05, 0.1) is 24.6 Å². The fraction of sp³-hybridized carbons (Fsp3) is 0.0500. The molecule has 3 aromatic rings. The van der Waals surface area contributed by atoms with Crippen molar-refractivity contribution in [2.75, 3.05) is 12.4 Å². The number of benzene rings is 2. The Morgan fingerprint density at radius 3 is 2.21 bits per heavy atom. The Balaban J connectivity index is 1.65. The number of rotatable bonds is 5. The minimum atomic E-state index is -0.586. The second-order valence-electron chi connectivity index (χ2n) is 5.61. The van der Waals surface area contributed by atoms with Crippen molar-refractivity contribution in [1.82, 2.24) is 10.9 Å². The van der Waals surface area contributed by atoms with Gasteiger partial charge in [0.1, 0.15) is 5.75 Å². The fourth-order valence-electron chi connectivity index (χ4n) is 2.38. The molecule has 1 heterocycles. The zero-order chi connectivity index (χ0) is 19.9. The molecule has 0 bridgehead atoms. The van der Waals surface area contributed by atoms with Gasteiger partial charge in [-0.3, -0.25) is 25.2 Å². The van der Waals surface area contributed by atoms with Crippen molar-refractivity contribution in [2.45, 2.75) is 0 Å². The van der Waals surface area contributed by atoms with E-state index in [1.54, 1.807) is 48.5 Å². The SMILES string of the molecule is COc1ccc(C(=O)NNC(=O)c2ccccc2NC(=O)c2ccco2)cc1. The lowest BCUT2D eigenvalue weighted by molar-refractivity contribution is 0.0847. The van der Waals surface area contributed by atoms with Crippen LogP contribution in [0.5, 0.6) is 5.75 Å². The molecule has 0 fully saturated rings. The number of ether oxygens (including phenoxy) is 1. The molecule has 142 valence electrons. The highest BCUT2D eigenvalue weighted by molar-refractivity contribution is 6.08. The molecule has 0 saturated heterocycles. The van der Waals surface area contributed by atoms with Crippen molar-refractivity contribution in [3.05, 3.63) is 83.8 Å². The number of carbonyl (C=O) groups excluding carboxylic acids is 3. The standard InChI is InChI=1S/C20H17N3O5/c1-27-14-10-8-13(9-11-14)18(24)22-23-19(25)15-5-2-3-6-16(15)21-20(26)17-7-4-12-28-17/h2-12H,1H3,(H,21,26)(H,22,24)(H,23,25). The number of furan rings is 1. The van der Waals surface area contributed by atoms with E-state index in [2.05, 4.69) is 16.2 Å². The average Bonchev–Trinajstić information content (AvgIpc) is 3.27. The summed E-state index contributed by atoms with van der Waals surface area (Å²) >= 11 is 0. The van der Waals surface area contributed by atoms with E-state index in [-0.39, 0.29) is 17.0 Å². The number of nitrogens with one attached hydrogen (secondary N) is 3. The van der Waals surface area contributed by atoms with Gasteiger partial charge in [-0.05, 0) is 48.5 Å². The van der Waals surface area contributed by atoms with E-state index in [0.717, 1.165) is 0 Å². The molecular weight excluding hydrogens is 362 g/mol. The van der Waals surface area contributed by atoms with Crippen LogP contribution in [0.25, 0.3) is 0 Å². The smallest absolute Gasteiger partial charge is 0.291 e. The van der Waals surface area contributed by atoms with Gasteiger partial charge in [-0.1, -0.05) is 12.1 Å². The molecule has 8 nitrogen and oxygen atoms in total. The van der Waals surface area contributed by atoms with Crippen LogP contribution in [-0.2, 0) is 0 Å². The predicted molar refractivity (Wildman–Crippen MR) is 101 cm³/mol. The summed E-state index contributed by atoms with van der Waals surface area (Å²) in [6.07, 6.45) is 1.38. The zero-order valence-electron chi connectivity index (χ0n) is 14.9. The first-order valence-corrected chi connectivity index (χ1v) is 8.27. The highest BCUT2D eigenvalue weighted by Crippen LogP contribution is 2.16. The molecule has 3 N–H and O–H groups in total. The third-order valence-corrected chi connectivity index (χ3v) is 3.81. The summed E-state index contributed by atoms with van der Waals surface area (Å²) in [6, 6.07) is 15.9. The molecule has 8 heteroatoms. The zero-order valence-corrected chi connectivity index (χ0v) is 14.9. The lowest BCUT2D eigenvalue weighted by Crippen LogP contribution is -2.41. The molecule has 0 aliphatic heterocycles. The van der Waals surface area contributed by atoms with E-state index in [9.17, 15) is 14.4 Å². The molecule has 2 aromatic carbocycles. The van der Waals surface area contributed by atoms with Gasteiger partial charge in [0, 0.05) is 5.56 Å². The second kappa shape index (κ2) is 8.54. The molecule has 0 spiro atoms. The van der Waals surface area contributed by atoms with Crippen LogP contribution in [0, 0.1) is 0 Å². The monoisotopic (exact) mass is 379 g/mol. The summed E-state index contributed by atoms with van der Waals surface area (Å²) in [7, 11) is 1.53. The summed E-state index contributed by atoms with van der Waals surface area (Å²) in [6.45, 7) is 0. The van der Waals surface area contributed by atoms with Crippen molar-refractivity contribution in [3.63, 3.8) is 0 Å². The lowest BCUT2D eigenvalue weighted by atomic mass is 10.1. The first kappa shape index (κ1) is 18.7. The second-order valence-corrected chi connectivity index (χ2v) is 5.61. The Kier molecular flexibility index (Phi) is 5.71. The largest absolute Gasteiger partial charge is 0.497 e. The third kappa shape index (κ3) is 4.36. The van der Waals surface area contributed by atoms with Gasteiger partial charge >= 0.3 is 0 Å². The third-order valence-electron chi connectivity index (χ3n) is 3.81. The summed E-state index contributed by atoms with van der Waals surface area (Å²) in [4.78, 5) is 36.7. The van der Waals surface area contributed by atoms with Crippen LogP contribution >= 0.6 is 0 Å². The van der Waals surface area contributed by atoms with Gasteiger partial charge in [-0.15, -0.1) is 0 Å². The number of hydrazine groups is 1. The number of para-hydroxylation sites is 1. The molecular formula is C20H17N3O5. The quantitative estimate of drug-likeness (QED) is 0.591. The van der Waals surface area contributed by atoms with Crippen LogP contribution in [0.3, 0.4) is 0 Å². The Morgan fingerprint density at radius 2 is 1.54 bits per heavy atom. The maximum absolute atomic E-state index is 12.4. The molecule has 0 atom stereocenters. The van der Waals surface area contributed by atoms with Crippen molar-refractivity contribution >= 4 is 23.4 Å². The summed E-state index contributed by atoms with van der Waals surface area (Å²) in [5.41, 5.74) is 5.47. The molecule has 1 aromatic heterocycles. The van der Waals surface area contributed by atoms with Crippen LogP contribution in [0.2, 0.25) is 0 Å².